The van der Waals surface area contributed by atoms with Crippen LogP contribution in [0.25, 0.3) is 0 Å². The topological polar surface area (TPSA) is 55.8 Å². The fourth-order valence-electron chi connectivity index (χ4n) is 1.84. The standard InChI is InChI=1S/C16H16O4/c1-16(18,13-8-4-3-5-9-13)20-14-10-6-7-12(11-14)15(17)19-2/h3-11,18H,1-2H3. The van der Waals surface area contributed by atoms with Crippen molar-refractivity contribution in [1.82, 2.24) is 0 Å². The fourth-order valence-corrected chi connectivity index (χ4v) is 1.84. The van der Waals surface area contributed by atoms with Gasteiger partial charge in [0.15, 0.2) is 0 Å². The quantitative estimate of drug-likeness (QED) is 0.687. The third-order valence-electron chi connectivity index (χ3n) is 2.88. The van der Waals surface area contributed by atoms with Crippen LogP contribution in [0.4, 0.5) is 0 Å². The van der Waals surface area contributed by atoms with Crippen molar-refractivity contribution in [2.45, 2.75) is 12.7 Å². The van der Waals surface area contributed by atoms with Gasteiger partial charge in [-0.3, -0.25) is 0 Å². The highest BCUT2D eigenvalue weighted by molar-refractivity contribution is 5.89. The van der Waals surface area contributed by atoms with Gasteiger partial charge in [0.1, 0.15) is 5.75 Å². The van der Waals surface area contributed by atoms with E-state index in [1.165, 1.54) is 13.2 Å². The lowest BCUT2D eigenvalue weighted by molar-refractivity contribution is -0.129. The summed E-state index contributed by atoms with van der Waals surface area (Å²) < 4.78 is 10.2. The Labute approximate surface area is 117 Å². The molecule has 0 spiro atoms. The molecule has 2 aromatic rings. The van der Waals surface area contributed by atoms with Gasteiger partial charge in [-0.25, -0.2) is 4.79 Å². The highest BCUT2D eigenvalue weighted by Gasteiger charge is 2.25. The number of hydrogen-bond acceptors (Lipinski definition) is 4. The van der Waals surface area contributed by atoms with Crippen molar-refractivity contribution in [3.05, 3.63) is 65.7 Å². The number of esters is 1. The van der Waals surface area contributed by atoms with Gasteiger partial charge in [-0.05, 0) is 18.2 Å². The highest BCUT2D eigenvalue weighted by Crippen LogP contribution is 2.26. The Hall–Kier alpha value is -2.33. The summed E-state index contributed by atoms with van der Waals surface area (Å²) in [6, 6.07) is 15.5. The maximum atomic E-state index is 11.5. The number of rotatable bonds is 4. The third kappa shape index (κ3) is 3.16. The van der Waals surface area contributed by atoms with Gasteiger partial charge in [-0.2, -0.15) is 0 Å². The van der Waals surface area contributed by atoms with Crippen LogP contribution < -0.4 is 4.74 Å². The SMILES string of the molecule is COC(=O)c1cccc(OC(C)(O)c2ccccc2)c1. The van der Waals surface area contributed by atoms with E-state index in [1.54, 1.807) is 37.3 Å². The molecule has 0 fully saturated rings. The molecule has 0 saturated carbocycles. The van der Waals surface area contributed by atoms with Crippen LogP contribution >= 0.6 is 0 Å². The Morgan fingerprint density at radius 1 is 1.10 bits per heavy atom. The first-order chi connectivity index (χ1) is 9.53. The second kappa shape index (κ2) is 5.75. The second-order valence-electron chi connectivity index (χ2n) is 4.47. The van der Waals surface area contributed by atoms with Crippen LogP contribution in [-0.2, 0) is 10.5 Å². The van der Waals surface area contributed by atoms with Crippen LogP contribution in [0.1, 0.15) is 22.8 Å². The number of benzene rings is 2. The van der Waals surface area contributed by atoms with Gasteiger partial charge >= 0.3 is 5.97 Å². The van der Waals surface area contributed by atoms with E-state index in [1.807, 2.05) is 18.2 Å². The lowest BCUT2D eigenvalue weighted by Gasteiger charge is -2.25. The maximum absolute atomic E-state index is 11.5. The molecule has 4 heteroatoms. The van der Waals surface area contributed by atoms with E-state index in [2.05, 4.69) is 4.74 Å². The maximum Gasteiger partial charge on any atom is 0.337 e. The zero-order chi connectivity index (χ0) is 14.6. The number of aliphatic hydroxyl groups is 1. The Morgan fingerprint density at radius 2 is 1.80 bits per heavy atom. The summed E-state index contributed by atoms with van der Waals surface area (Å²) in [5.41, 5.74) is 0.998. The van der Waals surface area contributed by atoms with Crippen molar-refractivity contribution in [3.63, 3.8) is 0 Å². The molecule has 4 nitrogen and oxygen atoms in total. The predicted octanol–water partition coefficient (Wildman–Crippen LogP) is 2.72. The molecule has 0 aliphatic heterocycles. The molecule has 2 rings (SSSR count). The summed E-state index contributed by atoms with van der Waals surface area (Å²) in [7, 11) is 1.32. The number of carbonyl (C=O) groups excluding carboxylic acids is 1. The van der Waals surface area contributed by atoms with Crippen LogP contribution in [0.3, 0.4) is 0 Å². The average Bonchev–Trinajstić information content (AvgIpc) is 2.47. The number of hydrogen-bond donors (Lipinski definition) is 1. The molecular weight excluding hydrogens is 256 g/mol. The monoisotopic (exact) mass is 272 g/mol. The molecule has 0 radical (unpaired) electrons. The van der Waals surface area contributed by atoms with Crippen LogP contribution in [0.15, 0.2) is 54.6 Å². The smallest absolute Gasteiger partial charge is 0.337 e. The Bertz CT molecular complexity index is 590. The molecule has 20 heavy (non-hydrogen) atoms. The number of carbonyl (C=O) groups is 1. The average molecular weight is 272 g/mol. The van der Waals surface area contributed by atoms with E-state index >= 15 is 0 Å². The summed E-state index contributed by atoms with van der Waals surface area (Å²) in [6.07, 6.45) is 0. The van der Waals surface area contributed by atoms with E-state index in [0.717, 1.165) is 0 Å². The van der Waals surface area contributed by atoms with Gasteiger partial charge in [0.05, 0.1) is 12.7 Å². The van der Waals surface area contributed by atoms with Crippen LogP contribution in [0, 0.1) is 0 Å². The van der Waals surface area contributed by atoms with Gasteiger partial charge in [-0.1, -0.05) is 36.4 Å². The molecule has 104 valence electrons. The minimum atomic E-state index is -1.48. The molecule has 1 unspecified atom stereocenters. The van der Waals surface area contributed by atoms with Crippen LogP contribution in [0.5, 0.6) is 5.75 Å². The van der Waals surface area contributed by atoms with Crippen LogP contribution in [0.2, 0.25) is 0 Å². The zero-order valence-electron chi connectivity index (χ0n) is 11.4. The first-order valence-electron chi connectivity index (χ1n) is 6.18. The summed E-state index contributed by atoms with van der Waals surface area (Å²) in [5.74, 6) is -1.53. The Balaban J connectivity index is 2.23. The molecule has 1 N–H and O–H groups in total. The van der Waals surface area contributed by atoms with Gasteiger partial charge in [0.2, 0.25) is 5.79 Å². The van der Waals surface area contributed by atoms with Gasteiger partial charge in [0.25, 0.3) is 0 Å². The predicted molar refractivity (Wildman–Crippen MR) is 74.4 cm³/mol. The van der Waals surface area contributed by atoms with Crippen LogP contribution in [-0.4, -0.2) is 18.2 Å². The zero-order valence-corrected chi connectivity index (χ0v) is 11.4. The van der Waals surface area contributed by atoms with E-state index < -0.39 is 11.8 Å². The van der Waals surface area contributed by atoms with Crippen molar-refractivity contribution in [1.29, 1.82) is 0 Å². The first kappa shape index (κ1) is 14.1. The summed E-state index contributed by atoms with van der Waals surface area (Å²) in [5, 5.41) is 10.4. The van der Waals surface area contributed by atoms with Crippen molar-refractivity contribution in [2.75, 3.05) is 7.11 Å². The second-order valence-corrected chi connectivity index (χ2v) is 4.47. The number of ether oxygens (including phenoxy) is 2. The largest absolute Gasteiger partial charge is 0.465 e. The van der Waals surface area contributed by atoms with E-state index in [4.69, 9.17) is 4.74 Å². The molecule has 0 heterocycles. The molecule has 1 atom stereocenters. The highest BCUT2D eigenvalue weighted by atomic mass is 16.6. The summed E-state index contributed by atoms with van der Waals surface area (Å²) in [4.78, 5) is 11.5. The van der Waals surface area contributed by atoms with Crippen molar-refractivity contribution in [2.24, 2.45) is 0 Å². The Kier molecular flexibility index (Phi) is 4.05. The molecule has 2 aromatic carbocycles. The fraction of sp³-hybridized carbons (Fsp3) is 0.188. The van der Waals surface area contributed by atoms with Crippen molar-refractivity contribution >= 4 is 5.97 Å². The van der Waals surface area contributed by atoms with Gasteiger partial charge in [-0.15, -0.1) is 0 Å². The number of methoxy groups -OCH3 is 1. The van der Waals surface area contributed by atoms with E-state index in [0.29, 0.717) is 16.9 Å². The van der Waals surface area contributed by atoms with Gasteiger partial charge in [0, 0.05) is 12.5 Å². The summed E-state index contributed by atoms with van der Waals surface area (Å²) >= 11 is 0. The molecular formula is C16H16O4. The first-order valence-corrected chi connectivity index (χ1v) is 6.18. The van der Waals surface area contributed by atoms with E-state index in [9.17, 15) is 9.90 Å². The molecule has 0 bridgehead atoms. The summed E-state index contributed by atoms with van der Waals surface area (Å²) in [6.45, 7) is 1.55. The lowest BCUT2D eigenvalue weighted by atomic mass is 10.1. The minimum Gasteiger partial charge on any atom is -0.465 e. The third-order valence-corrected chi connectivity index (χ3v) is 2.88. The molecule has 0 aromatic heterocycles. The van der Waals surface area contributed by atoms with E-state index in [-0.39, 0.29) is 0 Å². The molecule has 0 aliphatic rings. The lowest BCUT2D eigenvalue weighted by Crippen LogP contribution is -2.28. The van der Waals surface area contributed by atoms with Crippen molar-refractivity contribution < 1.29 is 19.4 Å². The van der Waals surface area contributed by atoms with Gasteiger partial charge < -0.3 is 14.6 Å². The Morgan fingerprint density at radius 3 is 2.45 bits per heavy atom. The minimum absolute atomic E-state index is 0.369. The molecule has 0 aliphatic carbocycles. The molecule has 0 amide bonds. The molecule has 0 saturated heterocycles. The van der Waals surface area contributed by atoms with Crippen molar-refractivity contribution in [3.8, 4) is 5.75 Å². The normalized spacial score (nSPS) is 13.3.